The van der Waals surface area contributed by atoms with Gasteiger partial charge in [-0.3, -0.25) is 0 Å². The van der Waals surface area contributed by atoms with Gasteiger partial charge >= 0.3 is 0 Å². The van der Waals surface area contributed by atoms with Crippen molar-refractivity contribution in [1.29, 1.82) is 0 Å². The van der Waals surface area contributed by atoms with Crippen molar-refractivity contribution in [2.24, 2.45) is 0 Å². The molecule has 0 aromatic heterocycles. The molecule has 0 spiro atoms. The standard InChI is InChI=1S/C52H32/c1-2-11-33(12-3-1)34-21-23-35(24-22-34)50-45-16-6-8-18-47(45)51(48-19-9-7-17-46(48)50)40-28-27-36-29-38(26-25-37(36)30-40)41-31-39-13-10-20-44-42-14-4-5-15-43(42)49(32-41)52(39)44/h1-32H. The first-order chi connectivity index (χ1) is 25.8. The molecule has 0 saturated carbocycles. The van der Waals surface area contributed by atoms with Gasteiger partial charge in [0.1, 0.15) is 0 Å². The van der Waals surface area contributed by atoms with E-state index in [1.165, 1.54) is 110 Å². The molecule has 0 nitrogen and oxygen atoms in total. The molecular formula is C52H32. The minimum atomic E-state index is 1.23. The highest BCUT2D eigenvalue weighted by Crippen LogP contribution is 2.49. The van der Waals surface area contributed by atoms with Gasteiger partial charge < -0.3 is 0 Å². The van der Waals surface area contributed by atoms with Gasteiger partial charge in [-0.2, -0.15) is 0 Å². The summed E-state index contributed by atoms with van der Waals surface area (Å²) < 4.78 is 0. The van der Waals surface area contributed by atoms with Crippen molar-refractivity contribution in [3.05, 3.63) is 194 Å². The Morgan fingerprint density at radius 2 is 0.673 bits per heavy atom. The topological polar surface area (TPSA) is 0 Å². The Morgan fingerprint density at radius 1 is 0.212 bits per heavy atom. The van der Waals surface area contributed by atoms with Crippen molar-refractivity contribution < 1.29 is 0 Å². The maximum Gasteiger partial charge on any atom is -0.00259 e. The van der Waals surface area contributed by atoms with Crippen LogP contribution in [0.15, 0.2) is 194 Å². The van der Waals surface area contributed by atoms with Crippen molar-refractivity contribution in [3.8, 4) is 66.8 Å². The van der Waals surface area contributed by atoms with E-state index in [0.29, 0.717) is 0 Å². The molecule has 0 heteroatoms. The van der Waals surface area contributed by atoms with Crippen LogP contribution in [0.1, 0.15) is 0 Å². The van der Waals surface area contributed by atoms with Gasteiger partial charge in [0, 0.05) is 0 Å². The Morgan fingerprint density at radius 3 is 1.35 bits per heavy atom. The zero-order chi connectivity index (χ0) is 34.2. The molecule has 0 unspecified atom stereocenters. The van der Waals surface area contributed by atoms with E-state index in [2.05, 4.69) is 194 Å². The summed E-state index contributed by atoms with van der Waals surface area (Å²) in [7, 11) is 0. The van der Waals surface area contributed by atoms with Crippen LogP contribution in [0.25, 0.3) is 110 Å². The summed E-state index contributed by atoms with van der Waals surface area (Å²) in [6.07, 6.45) is 0. The Balaban J connectivity index is 1.04. The lowest BCUT2D eigenvalue weighted by Crippen LogP contribution is -1.91. The second-order valence-corrected chi connectivity index (χ2v) is 14.0. The second kappa shape index (κ2) is 11.4. The SMILES string of the molecule is c1ccc(-c2ccc(-c3c4ccccc4c(-c4ccc5cc(-c6cc7c8c(cccc8c6)-c6ccccc6-7)ccc5c4)c4ccccc34)cc2)cc1. The van der Waals surface area contributed by atoms with Crippen molar-refractivity contribution >= 4 is 43.1 Å². The van der Waals surface area contributed by atoms with Crippen LogP contribution in [0.5, 0.6) is 0 Å². The zero-order valence-electron chi connectivity index (χ0n) is 28.5. The third-order valence-electron chi connectivity index (χ3n) is 11.2. The monoisotopic (exact) mass is 656 g/mol. The van der Waals surface area contributed by atoms with Crippen molar-refractivity contribution in [2.45, 2.75) is 0 Å². The summed E-state index contributed by atoms with van der Waals surface area (Å²) in [6, 6.07) is 71.7. The number of benzene rings is 10. The van der Waals surface area contributed by atoms with Crippen LogP contribution in [-0.2, 0) is 0 Å². The fraction of sp³-hybridized carbons (Fsp3) is 0. The Labute approximate surface area is 302 Å². The molecule has 52 heavy (non-hydrogen) atoms. The summed E-state index contributed by atoms with van der Waals surface area (Å²) in [5.41, 5.74) is 15.3. The molecule has 0 radical (unpaired) electrons. The third-order valence-corrected chi connectivity index (χ3v) is 11.2. The fourth-order valence-corrected chi connectivity index (χ4v) is 8.78. The first-order valence-electron chi connectivity index (χ1n) is 18.1. The Hall–Kier alpha value is -6.76. The molecule has 0 fully saturated rings. The van der Waals surface area contributed by atoms with Crippen molar-refractivity contribution in [3.63, 3.8) is 0 Å². The first kappa shape index (κ1) is 29.0. The minimum absolute atomic E-state index is 1.23. The molecule has 1 aliphatic carbocycles. The highest BCUT2D eigenvalue weighted by atomic mass is 14.2. The molecule has 0 N–H and O–H groups in total. The highest BCUT2D eigenvalue weighted by Gasteiger charge is 2.22. The smallest absolute Gasteiger partial charge is 0.00259 e. The summed E-state index contributed by atoms with van der Waals surface area (Å²) in [4.78, 5) is 0. The summed E-state index contributed by atoms with van der Waals surface area (Å²) in [5, 5.41) is 10.2. The van der Waals surface area contributed by atoms with Crippen LogP contribution < -0.4 is 0 Å². The second-order valence-electron chi connectivity index (χ2n) is 14.0. The largest absolute Gasteiger partial charge is 0.0622 e. The molecule has 0 saturated heterocycles. The van der Waals surface area contributed by atoms with E-state index in [0.717, 1.165) is 0 Å². The van der Waals surface area contributed by atoms with Crippen molar-refractivity contribution in [2.75, 3.05) is 0 Å². The van der Waals surface area contributed by atoms with E-state index in [4.69, 9.17) is 0 Å². The van der Waals surface area contributed by atoms with Crippen LogP contribution in [0.2, 0.25) is 0 Å². The molecule has 0 amide bonds. The van der Waals surface area contributed by atoms with Crippen LogP contribution in [-0.4, -0.2) is 0 Å². The molecule has 240 valence electrons. The molecule has 0 atom stereocenters. The van der Waals surface area contributed by atoms with Gasteiger partial charge in [-0.05, 0) is 134 Å². The predicted octanol–water partition coefficient (Wildman–Crippen LogP) is 14.6. The third kappa shape index (κ3) is 4.41. The van der Waals surface area contributed by atoms with Gasteiger partial charge in [0.2, 0.25) is 0 Å². The minimum Gasteiger partial charge on any atom is -0.0622 e. The van der Waals surface area contributed by atoms with E-state index in [1.807, 2.05) is 0 Å². The van der Waals surface area contributed by atoms with Gasteiger partial charge in [-0.25, -0.2) is 0 Å². The molecule has 10 aromatic carbocycles. The number of fused-ring (bicyclic) bond motifs is 6. The lowest BCUT2D eigenvalue weighted by atomic mass is 9.85. The van der Waals surface area contributed by atoms with Gasteiger partial charge in [-0.15, -0.1) is 0 Å². The average molecular weight is 657 g/mol. The van der Waals surface area contributed by atoms with E-state index in [-0.39, 0.29) is 0 Å². The van der Waals surface area contributed by atoms with E-state index >= 15 is 0 Å². The molecule has 11 rings (SSSR count). The van der Waals surface area contributed by atoms with Crippen LogP contribution in [0, 0.1) is 0 Å². The van der Waals surface area contributed by atoms with E-state index < -0.39 is 0 Å². The lowest BCUT2D eigenvalue weighted by Gasteiger charge is -2.18. The molecule has 1 aliphatic rings. The van der Waals surface area contributed by atoms with Crippen LogP contribution in [0.4, 0.5) is 0 Å². The average Bonchev–Trinajstić information content (AvgIpc) is 3.54. The highest BCUT2D eigenvalue weighted by molar-refractivity contribution is 6.22. The quantitative estimate of drug-likeness (QED) is 0.165. The zero-order valence-corrected chi connectivity index (χ0v) is 28.5. The predicted molar refractivity (Wildman–Crippen MR) is 223 cm³/mol. The molecule has 0 heterocycles. The summed E-state index contributed by atoms with van der Waals surface area (Å²) in [6.45, 7) is 0. The van der Waals surface area contributed by atoms with Gasteiger partial charge in [-0.1, -0.05) is 170 Å². The molecule has 10 aromatic rings. The van der Waals surface area contributed by atoms with Gasteiger partial charge in [0.25, 0.3) is 0 Å². The number of hydrogen-bond acceptors (Lipinski definition) is 0. The Bertz CT molecular complexity index is 2980. The Kier molecular flexibility index (Phi) is 6.35. The van der Waals surface area contributed by atoms with Crippen LogP contribution in [0.3, 0.4) is 0 Å². The van der Waals surface area contributed by atoms with Gasteiger partial charge in [0.15, 0.2) is 0 Å². The molecule has 0 aliphatic heterocycles. The number of hydrogen-bond donors (Lipinski definition) is 0. The summed E-state index contributed by atoms with van der Waals surface area (Å²) >= 11 is 0. The number of rotatable bonds is 4. The van der Waals surface area contributed by atoms with Crippen LogP contribution >= 0.6 is 0 Å². The maximum atomic E-state index is 2.39. The molecular weight excluding hydrogens is 625 g/mol. The van der Waals surface area contributed by atoms with E-state index in [9.17, 15) is 0 Å². The lowest BCUT2D eigenvalue weighted by molar-refractivity contribution is 1.61. The normalized spacial score (nSPS) is 11.8. The summed E-state index contributed by atoms with van der Waals surface area (Å²) in [5.74, 6) is 0. The van der Waals surface area contributed by atoms with E-state index in [1.54, 1.807) is 0 Å². The van der Waals surface area contributed by atoms with Gasteiger partial charge in [0.05, 0.1) is 0 Å². The fourth-order valence-electron chi connectivity index (χ4n) is 8.78. The molecule has 0 bridgehead atoms. The van der Waals surface area contributed by atoms with Crippen molar-refractivity contribution in [1.82, 2.24) is 0 Å². The first-order valence-corrected chi connectivity index (χ1v) is 18.1. The maximum absolute atomic E-state index is 2.39.